The normalized spacial score (nSPS) is 12.1. The SMILES string of the molecule is CCCC(CCO)CNCc1ccnc(C#N)c1. The Hall–Kier alpha value is -1.44. The predicted octanol–water partition coefficient (Wildman–Crippen LogP) is 1.84. The largest absolute Gasteiger partial charge is 0.396 e. The number of aliphatic hydroxyl groups excluding tert-OH is 1. The molecule has 98 valence electrons. The van der Waals surface area contributed by atoms with E-state index in [1.54, 1.807) is 12.3 Å². The molecule has 1 unspecified atom stereocenters. The van der Waals surface area contributed by atoms with Gasteiger partial charge in [-0.1, -0.05) is 13.3 Å². The van der Waals surface area contributed by atoms with Crippen molar-refractivity contribution in [3.05, 3.63) is 29.6 Å². The summed E-state index contributed by atoms with van der Waals surface area (Å²) in [6, 6.07) is 5.75. The summed E-state index contributed by atoms with van der Waals surface area (Å²) in [4.78, 5) is 3.94. The Balaban J connectivity index is 2.37. The third-order valence-electron chi connectivity index (χ3n) is 2.94. The lowest BCUT2D eigenvalue weighted by molar-refractivity contribution is 0.248. The molecular formula is C14H21N3O. The Bertz CT molecular complexity index is 381. The molecule has 1 aromatic rings. The highest BCUT2D eigenvalue weighted by Crippen LogP contribution is 2.10. The van der Waals surface area contributed by atoms with Crippen LogP contribution in [0.1, 0.15) is 37.4 Å². The fourth-order valence-corrected chi connectivity index (χ4v) is 2.01. The zero-order chi connectivity index (χ0) is 13.2. The quantitative estimate of drug-likeness (QED) is 0.735. The molecule has 0 radical (unpaired) electrons. The highest BCUT2D eigenvalue weighted by Gasteiger charge is 2.06. The second-order valence-corrected chi connectivity index (χ2v) is 4.46. The van der Waals surface area contributed by atoms with E-state index in [4.69, 9.17) is 10.4 Å². The number of pyridine rings is 1. The van der Waals surface area contributed by atoms with Gasteiger partial charge in [-0.25, -0.2) is 4.98 Å². The van der Waals surface area contributed by atoms with Gasteiger partial charge in [0.25, 0.3) is 0 Å². The van der Waals surface area contributed by atoms with Crippen molar-refractivity contribution in [2.45, 2.75) is 32.7 Å². The zero-order valence-electron chi connectivity index (χ0n) is 10.9. The maximum Gasteiger partial charge on any atom is 0.140 e. The van der Waals surface area contributed by atoms with Crippen LogP contribution in [-0.4, -0.2) is 23.2 Å². The standard InChI is InChI=1S/C14H21N3O/c1-2-3-12(5-7-18)10-16-11-13-4-6-17-14(8-13)9-15/h4,6,8,12,16,18H,2-3,5,7,10-11H2,1H3. The van der Waals surface area contributed by atoms with Gasteiger partial charge in [-0.3, -0.25) is 0 Å². The predicted molar refractivity (Wildman–Crippen MR) is 70.8 cm³/mol. The molecule has 0 saturated carbocycles. The Kier molecular flexibility index (Phi) is 7.00. The van der Waals surface area contributed by atoms with Crippen LogP contribution in [-0.2, 0) is 6.54 Å². The first-order valence-electron chi connectivity index (χ1n) is 6.46. The van der Waals surface area contributed by atoms with Gasteiger partial charge in [0, 0.05) is 19.3 Å². The van der Waals surface area contributed by atoms with Gasteiger partial charge in [0.15, 0.2) is 0 Å². The Labute approximate surface area is 109 Å². The van der Waals surface area contributed by atoms with Crippen LogP contribution in [0.15, 0.2) is 18.3 Å². The van der Waals surface area contributed by atoms with Crippen LogP contribution in [0.25, 0.3) is 0 Å². The van der Waals surface area contributed by atoms with Crippen molar-refractivity contribution < 1.29 is 5.11 Å². The number of hydrogen-bond acceptors (Lipinski definition) is 4. The summed E-state index contributed by atoms with van der Waals surface area (Å²) < 4.78 is 0. The van der Waals surface area contributed by atoms with E-state index in [0.717, 1.165) is 37.9 Å². The minimum Gasteiger partial charge on any atom is -0.396 e. The number of aliphatic hydroxyl groups is 1. The average Bonchev–Trinajstić information content (AvgIpc) is 2.39. The van der Waals surface area contributed by atoms with Crippen LogP contribution in [0, 0.1) is 17.2 Å². The molecule has 0 bridgehead atoms. The van der Waals surface area contributed by atoms with E-state index in [1.165, 1.54) is 0 Å². The number of nitrogens with zero attached hydrogens (tertiary/aromatic N) is 2. The molecule has 0 aromatic carbocycles. The molecule has 4 nitrogen and oxygen atoms in total. The van der Waals surface area contributed by atoms with Crippen molar-refractivity contribution in [3.63, 3.8) is 0 Å². The van der Waals surface area contributed by atoms with E-state index in [9.17, 15) is 0 Å². The topological polar surface area (TPSA) is 68.9 Å². The molecule has 0 aliphatic carbocycles. The molecule has 2 N–H and O–H groups in total. The van der Waals surface area contributed by atoms with Crippen molar-refractivity contribution in [2.75, 3.05) is 13.2 Å². The summed E-state index contributed by atoms with van der Waals surface area (Å²) in [6.45, 7) is 4.05. The van der Waals surface area contributed by atoms with Crippen LogP contribution < -0.4 is 5.32 Å². The maximum absolute atomic E-state index is 8.98. The van der Waals surface area contributed by atoms with Gasteiger partial charge in [0.1, 0.15) is 11.8 Å². The summed E-state index contributed by atoms with van der Waals surface area (Å²) in [5, 5.41) is 21.1. The zero-order valence-corrected chi connectivity index (χ0v) is 10.9. The smallest absolute Gasteiger partial charge is 0.140 e. The Morgan fingerprint density at radius 2 is 2.33 bits per heavy atom. The first kappa shape index (κ1) is 14.6. The van der Waals surface area contributed by atoms with Gasteiger partial charge >= 0.3 is 0 Å². The van der Waals surface area contributed by atoms with Gasteiger partial charge < -0.3 is 10.4 Å². The molecule has 0 fully saturated rings. The second kappa shape index (κ2) is 8.62. The molecular weight excluding hydrogens is 226 g/mol. The number of nitriles is 1. The van der Waals surface area contributed by atoms with E-state index in [2.05, 4.69) is 17.2 Å². The number of aromatic nitrogens is 1. The van der Waals surface area contributed by atoms with Crippen molar-refractivity contribution in [1.29, 1.82) is 5.26 Å². The fraction of sp³-hybridized carbons (Fsp3) is 0.571. The Morgan fingerprint density at radius 3 is 3.00 bits per heavy atom. The summed E-state index contributed by atoms with van der Waals surface area (Å²) in [5.74, 6) is 0.525. The molecule has 1 rings (SSSR count). The highest BCUT2D eigenvalue weighted by atomic mass is 16.3. The molecule has 4 heteroatoms. The van der Waals surface area contributed by atoms with E-state index in [1.807, 2.05) is 12.1 Å². The third kappa shape index (κ3) is 5.26. The van der Waals surface area contributed by atoms with Crippen molar-refractivity contribution in [2.24, 2.45) is 5.92 Å². The van der Waals surface area contributed by atoms with Crippen LogP contribution in [0.2, 0.25) is 0 Å². The van der Waals surface area contributed by atoms with E-state index >= 15 is 0 Å². The van der Waals surface area contributed by atoms with Crippen molar-refractivity contribution in [1.82, 2.24) is 10.3 Å². The fourth-order valence-electron chi connectivity index (χ4n) is 2.01. The van der Waals surface area contributed by atoms with Gasteiger partial charge in [-0.05, 0) is 43.0 Å². The van der Waals surface area contributed by atoms with Gasteiger partial charge in [0.05, 0.1) is 0 Å². The number of nitrogens with one attached hydrogen (secondary N) is 1. The summed E-state index contributed by atoms with van der Waals surface area (Å²) in [7, 11) is 0. The molecule has 0 saturated heterocycles. The minimum atomic E-state index is 0.250. The Morgan fingerprint density at radius 1 is 1.50 bits per heavy atom. The van der Waals surface area contributed by atoms with Crippen LogP contribution >= 0.6 is 0 Å². The van der Waals surface area contributed by atoms with Gasteiger partial charge in [-0.2, -0.15) is 5.26 Å². The lowest BCUT2D eigenvalue weighted by atomic mass is 10.0. The monoisotopic (exact) mass is 247 g/mol. The lowest BCUT2D eigenvalue weighted by Gasteiger charge is -2.15. The second-order valence-electron chi connectivity index (χ2n) is 4.46. The van der Waals surface area contributed by atoms with E-state index in [-0.39, 0.29) is 6.61 Å². The lowest BCUT2D eigenvalue weighted by Crippen LogP contribution is -2.23. The minimum absolute atomic E-state index is 0.250. The maximum atomic E-state index is 8.98. The molecule has 1 aromatic heterocycles. The molecule has 1 heterocycles. The summed E-state index contributed by atoms with van der Waals surface area (Å²) >= 11 is 0. The van der Waals surface area contributed by atoms with Gasteiger partial charge in [-0.15, -0.1) is 0 Å². The number of rotatable bonds is 8. The van der Waals surface area contributed by atoms with E-state index in [0.29, 0.717) is 11.6 Å². The number of hydrogen-bond donors (Lipinski definition) is 2. The van der Waals surface area contributed by atoms with Crippen molar-refractivity contribution in [3.8, 4) is 6.07 Å². The molecule has 18 heavy (non-hydrogen) atoms. The van der Waals surface area contributed by atoms with Gasteiger partial charge in [0.2, 0.25) is 0 Å². The van der Waals surface area contributed by atoms with E-state index < -0.39 is 0 Å². The van der Waals surface area contributed by atoms with Crippen LogP contribution in [0.5, 0.6) is 0 Å². The third-order valence-corrected chi connectivity index (χ3v) is 2.94. The molecule has 0 amide bonds. The molecule has 1 atom stereocenters. The highest BCUT2D eigenvalue weighted by molar-refractivity contribution is 5.25. The van der Waals surface area contributed by atoms with Crippen LogP contribution in [0.4, 0.5) is 0 Å². The van der Waals surface area contributed by atoms with Crippen LogP contribution in [0.3, 0.4) is 0 Å². The molecule has 0 aliphatic heterocycles. The molecule has 0 aliphatic rings. The first-order valence-corrected chi connectivity index (χ1v) is 6.46. The average molecular weight is 247 g/mol. The first-order chi connectivity index (χ1) is 8.80. The summed E-state index contributed by atoms with van der Waals surface area (Å²) in [5.41, 5.74) is 1.52. The van der Waals surface area contributed by atoms with Crippen molar-refractivity contribution >= 4 is 0 Å². The molecule has 0 spiro atoms. The summed E-state index contributed by atoms with van der Waals surface area (Å²) in [6.07, 6.45) is 4.78.